The van der Waals surface area contributed by atoms with E-state index in [2.05, 4.69) is 22.5 Å². The van der Waals surface area contributed by atoms with Crippen LogP contribution in [0.1, 0.15) is 39.1 Å². The number of nitrogens with zero attached hydrogens (tertiary/aromatic N) is 3. The number of imidazole rings is 1. The Kier molecular flexibility index (Phi) is 4.81. The largest absolute Gasteiger partial charge is 0.488 e. The van der Waals surface area contributed by atoms with E-state index in [1.165, 1.54) is 0 Å². The third kappa shape index (κ3) is 3.78. The molecule has 132 valence electrons. The van der Waals surface area contributed by atoms with Crippen LogP contribution in [0.15, 0.2) is 48.5 Å². The van der Waals surface area contributed by atoms with Crippen LogP contribution >= 0.6 is 0 Å². The summed E-state index contributed by atoms with van der Waals surface area (Å²) < 4.78 is 7.92. The molecule has 0 amide bonds. The van der Waals surface area contributed by atoms with Crippen LogP contribution in [-0.4, -0.2) is 15.2 Å². The Bertz CT molecular complexity index is 983. The van der Waals surface area contributed by atoms with Crippen molar-refractivity contribution in [2.45, 2.75) is 39.8 Å². The van der Waals surface area contributed by atoms with Crippen molar-refractivity contribution >= 4 is 22.7 Å². The quantitative estimate of drug-likeness (QED) is 0.603. The molecule has 0 spiro atoms. The first kappa shape index (κ1) is 17.8. The summed E-state index contributed by atoms with van der Waals surface area (Å²) in [5.41, 5.74) is 3.20. The van der Waals surface area contributed by atoms with Gasteiger partial charge in [0.25, 0.3) is 0 Å². The zero-order valence-electron chi connectivity index (χ0n) is 15.7. The summed E-state index contributed by atoms with van der Waals surface area (Å²) >= 11 is 0. The first-order valence-corrected chi connectivity index (χ1v) is 8.78. The number of hydrogen-bond acceptors (Lipinski definition) is 3. The molecule has 3 rings (SSSR count). The highest BCUT2D eigenvalue weighted by Gasteiger charge is 2.14. The second-order valence-corrected chi connectivity index (χ2v) is 7.12. The smallest absolute Gasteiger partial charge is 0.151 e. The number of fused-ring (bicyclic) bond motifs is 1. The monoisotopic (exact) mass is 345 g/mol. The number of para-hydroxylation sites is 2. The van der Waals surface area contributed by atoms with Gasteiger partial charge in [0, 0.05) is 6.54 Å². The number of aryl methyl sites for hydroxylation is 1. The Labute approximate surface area is 154 Å². The zero-order valence-corrected chi connectivity index (χ0v) is 15.7. The van der Waals surface area contributed by atoms with E-state index in [1.54, 1.807) is 0 Å². The number of hydrogen-bond donors (Lipinski definition) is 0. The Hall–Kier alpha value is -3.06. The fourth-order valence-electron chi connectivity index (χ4n) is 2.90. The molecule has 0 unspecified atom stereocenters. The average Bonchev–Trinajstić information content (AvgIpc) is 2.98. The zero-order chi connectivity index (χ0) is 18.7. The lowest BCUT2D eigenvalue weighted by Crippen LogP contribution is -2.22. The molecule has 0 aliphatic carbocycles. The third-order valence-electron chi connectivity index (χ3n) is 3.95. The van der Waals surface area contributed by atoms with Gasteiger partial charge in [0.1, 0.15) is 17.4 Å². The number of benzene rings is 2. The predicted octanol–water partition coefficient (Wildman–Crippen LogP) is 5.30. The van der Waals surface area contributed by atoms with Crippen LogP contribution < -0.4 is 4.74 Å². The van der Waals surface area contributed by atoms with Crippen LogP contribution in [0.5, 0.6) is 5.75 Å². The molecular formula is C22H23N3O. The van der Waals surface area contributed by atoms with E-state index < -0.39 is 0 Å². The Morgan fingerprint density at radius 3 is 2.46 bits per heavy atom. The van der Waals surface area contributed by atoms with E-state index in [-0.39, 0.29) is 5.60 Å². The van der Waals surface area contributed by atoms with Crippen LogP contribution in [0, 0.1) is 11.3 Å². The first-order chi connectivity index (χ1) is 12.4. The fourth-order valence-corrected chi connectivity index (χ4v) is 2.90. The van der Waals surface area contributed by atoms with Crippen molar-refractivity contribution in [3.63, 3.8) is 0 Å². The predicted molar refractivity (Wildman–Crippen MR) is 106 cm³/mol. The lowest BCUT2D eigenvalue weighted by Gasteiger charge is -2.21. The van der Waals surface area contributed by atoms with Crippen LogP contribution in [0.3, 0.4) is 0 Å². The number of aromatic nitrogens is 2. The maximum absolute atomic E-state index is 9.70. The molecule has 4 heteroatoms. The normalized spacial score (nSPS) is 12.2. The van der Waals surface area contributed by atoms with Gasteiger partial charge in [-0.15, -0.1) is 0 Å². The molecule has 0 saturated heterocycles. The van der Waals surface area contributed by atoms with Gasteiger partial charge in [0.05, 0.1) is 16.6 Å². The van der Waals surface area contributed by atoms with Crippen molar-refractivity contribution in [3.8, 4) is 11.8 Å². The molecule has 1 heterocycles. The minimum atomic E-state index is -0.235. The van der Waals surface area contributed by atoms with Crippen LogP contribution in [0.2, 0.25) is 0 Å². The van der Waals surface area contributed by atoms with Gasteiger partial charge in [0.15, 0.2) is 5.82 Å². The van der Waals surface area contributed by atoms with E-state index in [4.69, 9.17) is 4.74 Å². The number of rotatable bonds is 4. The van der Waals surface area contributed by atoms with Crippen LogP contribution in [-0.2, 0) is 6.54 Å². The van der Waals surface area contributed by atoms with Gasteiger partial charge in [-0.05, 0) is 63.6 Å². The molecule has 0 bridgehead atoms. The maximum atomic E-state index is 9.70. The summed E-state index contributed by atoms with van der Waals surface area (Å²) in [7, 11) is 0. The molecule has 0 fully saturated rings. The Morgan fingerprint density at radius 2 is 1.85 bits per heavy atom. The Morgan fingerprint density at radius 1 is 1.15 bits per heavy atom. The SMILES string of the molecule is CCn1c(/C(C#N)=C\c2ccc(OC(C)(C)C)cc2)nc2ccccc21. The molecule has 0 N–H and O–H groups in total. The average molecular weight is 345 g/mol. The molecule has 0 aliphatic heterocycles. The molecule has 2 aromatic carbocycles. The maximum Gasteiger partial charge on any atom is 0.151 e. The molecule has 0 aliphatic rings. The molecule has 4 nitrogen and oxygen atoms in total. The number of nitriles is 1. The van der Waals surface area contributed by atoms with Gasteiger partial charge in [-0.3, -0.25) is 0 Å². The van der Waals surface area contributed by atoms with Gasteiger partial charge >= 0.3 is 0 Å². The Balaban J connectivity index is 1.98. The highest BCUT2D eigenvalue weighted by atomic mass is 16.5. The highest BCUT2D eigenvalue weighted by Crippen LogP contribution is 2.24. The second-order valence-electron chi connectivity index (χ2n) is 7.12. The standard InChI is InChI=1S/C22H23N3O/c1-5-25-20-9-7-6-8-19(20)24-21(25)17(15-23)14-16-10-12-18(13-11-16)26-22(2,3)4/h6-14H,5H2,1-4H3/b17-14-. The van der Waals surface area contributed by atoms with Gasteiger partial charge in [-0.25, -0.2) is 4.98 Å². The van der Waals surface area contributed by atoms with Crippen molar-refractivity contribution in [2.24, 2.45) is 0 Å². The van der Waals surface area contributed by atoms with Crippen molar-refractivity contribution < 1.29 is 4.74 Å². The summed E-state index contributed by atoms with van der Waals surface area (Å²) in [6, 6.07) is 18.0. The van der Waals surface area contributed by atoms with Crippen molar-refractivity contribution in [3.05, 3.63) is 59.9 Å². The lowest BCUT2D eigenvalue weighted by molar-refractivity contribution is 0.131. The number of ether oxygens (including phenoxy) is 1. The summed E-state index contributed by atoms with van der Waals surface area (Å²) in [6.07, 6.45) is 1.87. The summed E-state index contributed by atoms with van der Waals surface area (Å²) in [6.45, 7) is 8.87. The highest BCUT2D eigenvalue weighted by molar-refractivity contribution is 5.90. The number of allylic oxidation sites excluding steroid dienone is 1. The molecule has 0 radical (unpaired) electrons. The van der Waals surface area contributed by atoms with Gasteiger partial charge < -0.3 is 9.30 Å². The lowest BCUT2D eigenvalue weighted by atomic mass is 10.1. The summed E-state index contributed by atoms with van der Waals surface area (Å²) in [5.74, 6) is 1.51. The molecule has 3 aromatic rings. The van der Waals surface area contributed by atoms with Gasteiger partial charge in [-0.2, -0.15) is 5.26 Å². The van der Waals surface area contributed by atoms with Crippen LogP contribution in [0.4, 0.5) is 0 Å². The minimum Gasteiger partial charge on any atom is -0.488 e. The summed E-state index contributed by atoms with van der Waals surface area (Å²) in [4.78, 5) is 4.66. The molecular weight excluding hydrogens is 322 g/mol. The van der Waals surface area contributed by atoms with Crippen molar-refractivity contribution in [2.75, 3.05) is 0 Å². The van der Waals surface area contributed by atoms with E-state index in [1.807, 2.05) is 75.4 Å². The molecule has 0 atom stereocenters. The van der Waals surface area contributed by atoms with E-state index in [0.29, 0.717) is 11.4 Å². The van der Waals surface area contributed by atoms with Gasteiger partial charge in [-0.1, -0.05) is 24.3 Å². The van der Waals surface area contributed by atoms with E-state index in [0.717, 1.165) is 28.9 Å². The molecule has 0 saturated carbocycles. The first-order valence-electron chi connectivity index (χ1n) is 8.78. The fraction of sp³-hybridized carbons (Fsp3) is 0.273. The topological polar surface area (TPSA) is 50.8 Å². The van der Waals surface area contributed by atoms with Crippen molar-refractivity contribution in [1.82, 2.24) is 9.55 Å². The third-order valence-corrected chi connectivity index (χ3v) is 3.95. The van der Waals surface area contributed by atoms with Crippen molar-refractivity contribution in [1.29, 1.82) is 5.26 Å². The van der Waals surface area contributed by atoms with E-state index >= 15 is 0 Å². The van der Waals surface area contributed by atoms with E-state index in [9.17, 15) is 5.26 Å². The minimum absolute atomic E-state index is 0.235. The molecule has 26 heavy (non-hydrogen) atoms. The van der Waals surface area contributed by atoms with Crippen LogP contribution in [0.25, 0.3) is 22.7 Å². The summed E-state index contributed by atoms with van der Waals surface area (Å²) in [5, 5.41) is 9.70. The molecule has 1 aromatic heterocycles. The van der Waals surface area contributed by atoms with Gasteiger partial charge in [0.2, 0.25) is 0 Å². The second kappa shape index (κ2) is 7.05.